The second-order valence-corrected chi connectivity index (χ2v) is 7.08. The first kappa shape index (κ1) is 16.8. The molecule has 1 amide bonds. The lowest BCUT2D eigenvalue weighted by atomic mass is 9.66. The summed E-state index contributed by atoms with van der Waals surface area (Å²) < 4.78 is 11.1. The zero-order valence-electron chi connectivity index (χ0n) is 14.0. The van der Waals surface area contributed by atoms with E-state index < -0.39 is 29.0 Å². The number of likely N-dealkylation sites (tertiary alicyclic amines) is 1. The lowest BCUT2D eigenvalue weighted by molar-refractivity contribution is -0.149. The Labute approximate surface area is 141 Å². The number of rotatable bonds is 3. The van der Waals surface area contributed by atoms with Gasteiger partial charge >= 0.3 is 12.1 Å². The van der Waals surface area contributed by atoms with Gasteiger partial charge < -0.3 is 19.5 Å². The van der Waals surface area contributed by atoms with Crippen molar-refractivity contribution in [3.8, 4) is 0 Å². The van der Waals surface area contributed by atoms with Crippen LogP contribution in [0.1, 0.15) is 25.8 Å². The first-order valence-corrected chi connectivity index (χ1v) is 8.18. The van der Waals surface area contributed by atoms with Gasteiger partial charge in [0.15, 0.2) is 0 Å². The van der Waals surface area contributed by atoms with Crippen LogP contribution in [0.5, 0.6) is 0 Å². The summed E-state index contributed by atoms with van der Waals surface area (Å²) in [4.78, 5) is 25.7. The average Bonchev–Trinajstić information content (AvgIpc) is 3.08. The molecule has 2 aliphatic rings. The molecule has 1 N–H and O–H groups in total. The van der Waals surface area contributed by atoms with Gasteiger partial charge in [0.1, 0.15) is 6.61 Å². The minimum Gasteiger partial charge on any atom is -0.481 e. The zero-order chi connectivity index (χ0) is 17.4. The number of carboxylic acids is 1. The molecule has 0 aliphatic carbocycles. The number of hydrogen-bond donors (Lipinski definition) is 1. The van der Waals surface area contributed by atoms with Gasteiger partial charge in [-0.05, 0) is 25.8 Å². The van der Waals surface area contributed by atoms with E-state index in [4.69, 9.17) is 9.47 Å². The number of carboxylic acid groups (broad SMARTS) is 1. The lowest BCUT2D eigenvalue weighted by Gasteiger charge is -2.39. The van der Waals surface area contributed by atoms with E-state index in [0.717, 1.165) is 5.56 Å². The highest BCUT2D eigenvalue weighted by molar-refractivity contribution is 5.76. The molecule has 0 bridgehead atoms. The van der Waals surface area contributed by atoms with Gasteiger partial charge in [0.25, 0.3) is 0 Å². The van der Waals surface area contributed by atoms with E-state index in [2.05, 4.69) is 0 Å². The molecule has 1 aromatic carbocycles. The van der Waals surface area contributed by atoms with Gasteiger partial charge in [-0.15, -0.1) is 0 Å². The smallest absolute Gasteiger partial charge is 0.410 e. The van der Waals surface area contributed by atoms with Crippen molar-refractivity contribution in [2.75, 3.05) is 19.7 Å². The maximum absolute atomic E-state index is 12.4. The van der Waals surface area contributed by atoms with Crippen LogP contribution in [0, 0.1) is 11.3 Å². The third-order valence-corrected chi connectivity index (χ3v) is 5.51. The van der Waals surface area contributed by atoms with E-state index in [9.17, 15) is 14.7 Å². The molecule has 130 valence electrons. The van der Waals surface area contributed by atoms with E-state index in [1.54, 1.807) is 0 Å². The molecule has 6 nitrogen and oxygen atoms in total. The van der Waals surface area contributed by atoms with Crippen molar-refractivity contribution in [3.05, 3.63) is 35.9 Å². The number of carbonyl (C=O) groups is 2. The van der Waals surface area contributed by atoms with Crippen LogP contribution in [-0.4, -0.2) is 47.4 Å². The maximum Gasteiger partial charge on any atom is 0.410 e. The van der Waals surface area contributed by atoms with Gasteiger partial charge in [0, 0.05) is 25.1 Å². The third-order valence-electron chi connectivity index (χ3n) is 5.51. The summed E-state index contributed by atoms with van der Waals surface area (Å²) in [5, 5.41) is 9.64. The number of aliphatic carboxylic acids is 1. The molecule has 2 unspecified atom stereocenters. The zero-order valence-corrected chi connectivity index (χ0v) is 14.0. The van der Waals surface area contributed by atoms with Gasteiger partial charge in [-0.25, -0.2) is 4.79 Å². The normalized spacial score (nSPS) is 28.2. The van der Waals surface area contributed by atoms with E-state index in [-0.39, 0.29) is 13.2 Å². The number of nitrogens with zero attached hydrogens (tertiary/aromatic N) is 1. The minimum absolute atomic E-state index is 0.162. The molecule has 2 aliphatic heterocycles. The molecular formula is C18H23NO5. The Kier molecular flexibility index (Phi) is 4.25. The van der Waals surface area contributed by atoms with Crippen LogP contribution in [0.2, 0.25) is 0 Å². The van der Waals surface area contributed by atoms with Crippen LogP contribution in [0.4, 0.5) is 4.79 Å². The molecule has 0 aromatic heterocycles. The molecule has 2 saturated heterocycles. The first-order chi connectivity index (χ1) is 11.4. The van der Waals surface area contributed by atoms with Crippen molar-refractivity contribution in [2.45, 2.75) is 32.5 Å². The lowest BCUT2D eigenvalue weighted by Crippen LogP contribution is -2.48. The second kappa shape index (κ2) is 6.09. The predicted octanol–water partition coefficient (Wildman–Crippen LogP) is 2.52. The Balaban J connectivity index is 1.71. The van der Waals surface area contributed by atoms with E-state index in [0.29, 0.717) is 19.6 Å². The molecule has 0 saturated carbocycles. The van der Waals surface area contributed by atoms with Crippen LogP contribution >= 0.6 is 0 Å². The molecule has 1 aromatic rings. The maximum atomic E-state index is 12.4. The Morgan fingerprint density at radius 1 is 1.33 bits per heavy atom. The Morgan fingerprint density at radius 3 is 2.62 bits per heavy atom. The van der Waals surface area contributed by atoms with Crippen molar-refractivity contribution in [1.82, 2.24) is 4.90 Å². The number of hydrogen-bond acceptors (Lipinski definition) is 4. The topological polar surface area (TPSA) is 76.1 Å². The summed E-state index contributed by atoms with van der Waals surface area (Å²) in [6.45, 7) is 5.04. The highest BCUT2D eigenvalue weighted by Gasteiger charge is 2.62. The predicted molar refractivity (Wildman–Crippen MR) is 86.4 cm³/mol. The summed E-state index contributed by atoms with van der Waals surface area (Å²) >= 11 is 0. The molecule has 24 heavy (non-hydrogen) atoms. The van der Waals surface area contributed by atoms with Crippen molar-refractivity contribution in [2.24, 2.45) is 11.3 Å². The fraction of sp³-hybridized carbons (Fsp3) is 0.556. The summed E-state index contributed by atoms with van der Waals surface area (Å²) in [7, 11) is 0. The first-order valence-electron chi connectivity index (χ1n) is 8.18. The SMILES string of the molecule is CC1(C)OCCC12CN(C(=O)OCc1ccccc1)CC2C(=O)O. The molecule has 6 heteroatoms. The standard InChI is InChI=1S/C18H23NO5/c1-17(2)18(8-9-24-17)12-19(10-14(18)15(20)21)16(22)23-11-13-6-4-3-5-7-13/h3-7,14H,8-12H2,1-2H3,(H,20,21). The summed E-state index contributed by atoms with van der Waals surface area (Å²) in [5.41, 5.74) is -0.242. The van der Waals surface area contributed by atoms with Crippen LogP contribution in [0.3, 0.4) is 0 Å². The molecule has 1 spiro atoms. The van der Waals surface area contributed by atoms with Gasteiger partial charge in [0.05, 0.1) is 11.5 Å². The highest BCUT2D eigenvalue weighted by atomic mass is 16.6. The highest BCUT2D eigenvalue weighted by Crippen LogP contribution is 2.53. The van der Waals surface area contributed by atoms with Crippen molar-refractivity contribution < 1.29 is 24.2 Å². The molecule has 3 rings (SSSR count). The van der Waals surface area contributed by atoms with Crippen molar-refractivity contribution in [1.29, 1.82) is 0 Å². The van der Waals surface area contributed by atoms with Crippen LogP contribution in [0.25, 0.3) is 0 Å². The minimum atomic E-state index is -0.882. The van der Waals surface area contributed by atoms with Gasteiger partial charge in [0.2, 0.25) is 0 Å². The van der Waals surface area contributed by atoms with Crippen LogP contribution < -0.4 is 0 Å². The second-order valence-electron chi connectivity index (χ2n) is 7.08. The van der Waals surface area contributed by atoms with E-state index >= 15 is 0 Å². The quantitative estimate of drug-likeness (QED) is 0.920. The number of benzene rings is 1. The van der Waals surface area contributed by atoms with Crippen molar-refractivity contribution in [3.63, 3.8) is 0 Å². The number of amides is 1. The van der Waals surface area contributed by atoms with Gasteiger partial charge in [-0.2, -0.15) is 0 Å². The fourth-order valence-electron chi connectivity index (χ4n) is 3.97. The molecule has 0 radical (unpaired) electrons. The summed E-state index contributed by atoms with van der Waals surface area (Å²) in [6.07, 6.45) is 0.170. The summed E-state index contributed by atoms with van der Waals surface area (Å²) in [6, 6.07) is 9.42. The average molecular weight is 333 g/mol. The van der Waals surface area contributed by atoms with E-state index in [1.165, 1.54) is 4.90 Å². The third kappa shape index (κ3) is 2.75. The number of carbonyl (C=O) groups excluding carboxylic acids is 1. The molecule has 2 heterocycles. The Hall–Kier alpha value is -2.08. The molecule has 2 atom stereocenters. The van der Waals surface area contributed by atoms with Crippen LogP contribution in [0.15, 0.2) is 30.3 Å². The van der Waals surface area contributed by atoms with Crippen molar-refractivity contribution >= 4 is 12.1 Å². The Morgan fingerprint density at radius 2 is 2.04 bits per heavy atom. The van der Waals surface area contributed by atoms with Crippen LogP contribution in [-0.2, 0) is 20.9 Å². The fourth-order valence-corrected chi connectivity index (χ4v) is 3.97. The Bertz CT molecular complexity index is 630. The van der Waals surface area contributed by atoms with Gasteiger partial charge in [-0.1, -0.05) is 30.3 Å². The number of ether oxygens (including phenoxy) is 2. The van der Waals surface area contributed by atoms with E-state index in [1.807, 2.05) is 44.2 Å². The van der Waals surface area contributed by atoms with Gasteiger partial charge in [-0.3, -0.25) is 4.79 Å². The largest absolute Gasteiger partial charge is 0.481 e. The monoisotopic (exact) mass is 333 g/mol. The molecular weight excluding hydrogens is 310 g/mol. The summed E-state index contributed by atoms with van der Waals surface area (Å²) in [5.74, 6) is -1.52. The molecule has 2 fully saturated rings.